The number of ether oxygens (including phenoxy) is 1. The molecule has 0 saturated carbocycles. The zero-order valence-electron chi connectivity index (χ0n) is 21.8. The monoisotopic (exact) mass is 484 g/mol. The van der Waals surface area contributed by atoms with Gasteiger partial charge in [0, 0.05) is 23.3 Å². The lowest BCUT2D eigenvalue weighted by atomic mass is 9.68. The standard InChI is InChI=1S/C31H36N2O3/c1-5-31(3,4)22-16-17-26-24(19-22)28(23-13-7-8-14-25(23)32-26)30(35)36-20(2)29(34)33-18-10-12-21-11-6-9-15-27(21)33/h6-9,11,13-15,20,22H,5,10,12,16-19H2,1-4H3/t20-,22-/m0/s1. The molecule has 5 heteroatoms. The first-order valence-corrected chi connectivity index (χ1v) is 13.3. The topological polar surface area (TPSA) is 59.5 Å². The molecular formula is C31H36N2O3. The Morgan fingerprint density at radius 3 is 2.67 bits per heavy atom. The van der Waals surface area contributed by atoms with Crippen LogP contribution in [0.1, 0.15) is 74.1 Å². The van der Waals surface area contributed by atoms with Crippen LogP contribution in [0.4, 0.5) is 5.69 Å². The van der Waals surface area contributed by atoms with E-state index >= 15 is 0 Å². The minimum absolute atomic E-state index is 0.173. The molecule has 0 saturated heterocycles. The molecule has 0 spiro atoms. The summed E-state index contributed by atoms with van der Waals surface area (Å²) in [5, 5.41) is 0.805. The van der Waals surface area contributed by atoms with Crippen molar-refractivity contribution < 1.29 is 14.3 Å². The number of pyridine rings is 1. The van der Waals surface area contributed by atoms with Crippen LogP contribution in [0.5, 0.6) is 0 Å². The summed E-state index contributed by atoms with van der Waals surface area (Å²) >= 11 is 0. The minimum Gasteiger partial charge on any atom is -0.449 e. The Morgan fingerprint density at radius 2 is 1.86 bits per heavy atom. The molecule has 2 heterocycles. The van der Waals surface area contributed by atoms with Gasteiger partial charge in [-0.1, -0.05) is 63.6 Å². The number of fused-ring (bicyclic) bond motifs is 3. The Bertz CT molecular complexity index is 1310. The van der Waals surface area contributed by atoms with Gasteiger partial charge in [0.25, 0.3) is 5.91 Å². The van der Waals surface area contributed by atoms with Crippen LogP contribution in [-0.2, 0) is 28.8 Å². The second-order valence-electron chi connectivity index (χ2n) is 11.0. The molecule has 2 atom stereocenters. The number of carbonyl (C=O) groups is 2. The van der Waals surface area contributed by atoms with E-state index < -0.39 is 12.1 Å². The molecule has 0 unspecified atom stereocenters. The van der Waals surface area contributed by atoms with Crippen LogP contribution in [0.25, 0.3) is 10.9 Å². The number of carbonyl (C=O) groups excluding carboxylic acids is 2. The first-order chi connectivity index (χ1) is 17.3. The van der Waals surface area contributed by atoms with E-state index in [4.69, 9.17) is 9.72 Å². The van der Waals surface area contributed by atoms with Gasteiger partial charge >= 0.3 is 5.97 Å². The SMILES string of the molecule is CCC(C)(C)[C@H]1CCc2nc3ccccc3c(C(=O)O[C@@H](C)C(=O)N3CCCc4ccccc43)c2C1. The third-order valence-electron chi connectivity index (χ3n) is 8.49. The molecule has 0 N–H and O–H groups in total. The maximum absolute atomic E-state index is 13.8. The summed E-state index contributed by atoms with van der Waals surface area (Å²) in [6.45, 7) is 9.18. The Hall–Kier alpha value is -3.21. The molecule has 0 fully saturated rings. The Balaban J connectivity index is 1.47. The van der Waals surface area contributed by atoms with Crippen LogP contribution in [0.15, 0.2) is 48.5 Å². The van der Waals surface area contributed by atoms with Gasteiger partial charge in [0.2, 0.25) is 0 Å². The van der Waals surface area contributed by atoms with E-state index in [9.17, 15) is 9.59 Å². The zero-order chi connectivity index (χ0) is 25.4. The smallest absolute Gasteiger partial charge is 0.339 e. The Labute approximate surface area is 213 Å². The van der Waals surface area contributed by atoms with Crippen LogP contribution in [0.3, 0.4) is 0 Å². The number of para-hydroxylation sites is 2. The highest BCUT2D eigenvalue weighted by Gasteiger charge is 2.36. The highest BCUT2D eigenvalue weighted by atomic mass is 16.5. The largest absolute Gasteiger partial charge is 0.449 e. The van der Waals surface area contributed by atoms with Gasteiger partial charge < -0.3 is 9.64 Å². The normalized spacial score (nSPS) is 18.3. The molecule has 5 rings (SSSR count). The predicted octanol–water partition coefficient (Wildman–Crippen LogP) is 6.30. The molecule has 36 heavy (non-hydrogen) atoms. The molecule has 0 bridgehead atoms. The quantitative estimate of drug-likeness (QED) is 0.399. The number of anilines is 1. The minimum atomic E-state index is -0.877. The molecule has 1 aromatic heterocycles. The van der Waals surface area contributed by atoms with Crippen molar-refractivity contribution in [3.63, 3.8) is 0 Å². The van der Waals surface area contributed by atoms with Crippen molar-refractivity contribution in [2.45, 2.75) is 72.3 Å². The first-order valence-electron chi connectivity index (χ1n) is 13.3. The lowest BCUT2D eigenvalue weighted by Gasteiger charge is -2.37. The second-order valence-corrected chi connectivity index (χ2v) is 11.0. The molecule has 3 aromatic rings. The maximum Gasteiger partial charge on any atom is 0.339 e. The van der Waals surface area contributed by atoms with Crippen LogP contribution in [-0.4, -0.2) is 29.5 Å². The van der Waals surface area contributed by atoms with Gasteiger partial charge in [0.05, 0.1) is 11.1 Å². The number of amides is 1. The van der Waals surface area contributed by atoms with E-state index in [2.05, 4.69) is 26.8 Å². The predicted molar refractivity (Wildman–Crippen MR) is 143 cm³/mol. The van der Waals surface area contributed by atoms with Crippen LogP contribution < -0.4 is 4.90 Å². The molecule has 188 valence electrons. The number of aromatic nitrogens is 1. The van der Waals surface area contributed by atoms with Gasteiger partial charge in [-0.05, 0) is 73.6 Å². The van der Waals surface area contributed by atoms with E-state index in [1.165, 1.54) is 0 Å². The van der Waals surface area contributed by atoms with Crippen molar-refractivity contribution in [1.29, 1.82) is 0 Å². The Morgan fingerprint density at radius 1 is 1.11 bits per heavy atom. The highest BCUT2D eigenvalue weighted by Crippen LogP contribution is 2.41. The van der Waals surface area contributed by atoms with E-state index in [0.29, 0.717) is 18.0 Å². The van der Waals surface area contributed by atoms with Crippen molar-refractivity contribution in [3.8, 4) is 0 Å². The van der Waals surface area contributed by atoms with E-state index in [0.717, 1.165) is 71.9 Å². The van der Waals surface area contributed by atoms with Gasteiger partial charge in [-0.3, -0.25) is 9.78 Å². The molecule has 2 aromatic carbocycles. The summed E-state index contributed by atoms with van der Waals surface area (Å²) in [7, 11) is 0. The van der Waals surface area contributed by atoms with Crippen molar-refractivity contribution in [2.24, 2.45) is 11.3 Å². The summed E-state index contributed by atoms with van der Waals surface area (Å²) in [5.41, 5.74) is 5.65. The van der Waals surface area contributed by atoms with Gasteiger partial charge in [-0.25, -0.2) is 4.79 Å². The van der Waals surface area contributed by atoms with Crippen molar-refractivity contribution in [3.05, 3.63) is 70.9 Å². The van der Waals surface area contributed by atoms with E-state index in [1.807, 2.05) is 42.5 Å². The number of nitrogens with zero attached hydrogens (tertiary/aromatic N) is 2. The average molecular weight is 485 g/mol. The average Bonchev–Trinajstić information content (AvgIpc) is 2.90. The molecule has 0 radical (unpaired) electrons. The summed E-state index contributed by atoms with van der Waals surface area (Å²) in [6.07, 6.45) is 4.79. The Kier molecular flexibility index (Phi) is 6.59. The molecule has 5 nitrogen and oxygen atoms in total. The molecular weight excluding hydrogens is 448 g/mol. The number of hydrogen-bond donors (Lipinski definition) is 0. The fourth-order valence-corrected chi connectivity index (χ4v) is 5.83. The van der Waals surface area contributed by atoms with E-state index in [-0.39, 0.29) is 11.3 Å². The lowest BCUT2D eigenvalue weighted by molar-refractivity contribution is -0.126. The first kappa shape index (κ1) is 24.5. The third kappa shape index (κ3) is 4.40. The fraction of sp³-hybridized carbons (Fsp3) is 0.452. The zero-order valence-corrected chi connectivity index (χ0v) is 21.8. The second kappa shape index (κ2) is 9.68. The van der Waals surface area contributed by atoms with Gasteiger partial charge in [0.1, 0.15) is 0 Å². The number of rotatable bonds is 5. The summed E-state index contributed by atoms with van der Waals surface area (Å²) in [4.78, 5) is 33.9. The van der Waals surface area contributed by atoms with Crippen molar-refractivity contribution in [1.82, 2.24) is 4.98 Å². The maximum atomic E-state index is 13.8. The molecule has 2 aliphatic rings. The number of hydrogen-bond acceptors (Lipinski definition) is 4. The fourth-order valence-electron chi connectivity index (χ4n) is 5.83. The molecule has 1 aliphatic heterocycles. The van der Waals surface area contributed by atoms with Gasteiger partial charge in [-0.15, -0.1) is 0 Å². The van der Waals surface area contributed by atoms with Crippen LogP contribution >= 0.6 is 0 Å². The number of benzene rings is 2. The van der Waals surface area contributed by atoms with Crippen LogP contribution in [0.2, 0.25) is 0 Å². The number of aryl methyl sites for hydroxylation is 2. The van der Waals surface area contributed by atoms with Crippen molar-refractivity contribution in [2.75, 3.05) is 11.4 Å². The lowest BCUT2D eigenvalue weighted by Crippen LogP contribution is -2.43. The third-order valence-corrected chi connectivity index (χ3v) is 8.49. The summed E-state index contributed by atoms with van der Waals surface area (Å²) in [5.74, 6) is -0.132. The summed E-state index contributed by atoms with van der Waals surface area (Å²) in [6, 6.07) is 15.8. The number of esters is 1. The van der Waals surface area contributed by atoms with Crippen LogP contribution in [0, 0.1) is 11.3 Å². The van der Waals surface area contributed by atoms with Gasteiger partial charge in [-0.2, -0.15) is 0 Å². The van der Waals surface area contributed by atoms with E-state index in [1.54, 1.807) is 11.8 Å². The molecule has 1 amide bonds. The van der Waals surface area contributed by atoms with Gasteiger partial charge in [0.15, 0.2) is 6.10 Å². The molecule has 1 aliphatic carbocycles. The summed E-state index contributed by atoms with van der Waals surface area (Å²) < 4.78 is 5.93. The highest BCUT2D eigenvalue weighted by molar-refractivity contribution is 6.06. The van der Waals surface area contributed by atoms with Crippen molar-refractivity contribution >= 4 is 28.5 Å².